The molecule has 0 bridgehead atoms. The molecular formula is C24H22F2N4O3. The smallest absolute Gasteiger partial charge is 0.280 e. The fourth-order valence-corrected chi connectivity index (χ4v) is 3.46. The first-order chi connectivity index (χ1) is 15.9. The van der Waals surface area contributed by atoms with Gasteiger partial charge in [0.2, 0.25) is 0 Å². The van der Waals surface area contributed by atoms with Crippen LogP contribution in [0, 0.1) is 0 Å². The van der Waals surface area contributed by atoms with Gasteiger partial charge in [-0.2, -0.15) is 5.10 Å². The van der Waals surface area contributed by atoms with Crippen molar-refractivity contribution < 1.29 is 23.0 Å². The third kappa shape index (κ3) is 4.48. The summed E-state index contributed by atoms with van der Waals surface area (Å²) in [4.78, 5) is 17.5. The van der Waals surface area contributed by atoms with Gasteiger partial charge in [-0.1, -0.05) is 12.1 Å². The molecule has 0 radical (unpaired) electrons. The van der Waals surface area contributed by atoms with Crippen molar-refractivity contribution in [1.29, 1.82) is 0 Å². The molecule has 2 aromatic heterocycles. The van der Waals surface area contributed by atoms with E-state index in [9.17, 15) is 13.6 Å². The molecule has 1 atom stereocenters. The number of carbonyl (C=O) groups is 1. The summed E-state index contributed by atoms with van der Waals surface area (Å²) in [5, 5.41) is 6.88. The number of nitrogens with one attached hydrogen (secondary N) is 1. The first kappa shape index (κ1) is 22.2. The zero-order valence-electron chi connectivity index (χ0n) is 18.3. The van der Waals surface area contributed by atoms with Gasteiger partial charge >= 0.3 is 0 Å². The minimum Gasteiger partial charge on any atom is -0.497 e. The van der Waals surface area contributed by atoms with Crippen LogP contribution in [0.15, 0.2) is 60.8 Å². The minimum absolute atomic E-state index is 0.0537. The van der Waals surface area contributed by atoms with Crippen LogP contribution in [0.3, 0.4) is 0 Å². The number of carbonyl (C=O) groups excluding carboxylic acids is 1. The number of hydrogen-bond donors (Lipinski definition) is 1. The zero-order valence-corrected chi connectivity index (χ0v) is 18.3. The van der Waals surface area contributed by atoms with Crippen LogP contribution in [0.4, 0.5) is 8.78 Å². The average Bonchev–Trinajstić information content (AvgIpc) is 3.27. The molecule has 7 nitrogen and oxygen atoms in total. The molecule has 0 saturated carbocycles. The van der Waals surface area contributed by atoms with Crippen LogP contribution in [0.5, 0.6) is 11.5 Å². The molecule has 0 saturated heterocycles. The summed E-state index contributed by atoms with van der Waals surface area (Å²) in [7, 11) is 3.12. The number of methoxy groups -OCH3 is 2. The standard InChI is InChI=1S/C24H22F2N4O3/c1-14(15-4-8-17(32-2)9-5-15)28-24(31)19-13-27-30-21(22(25)26)12-20(29-23(19)30)16-6-10-18(33-3)11-7-16/h4-14,22H,1-3H3,(H,28,31)/t14-/m1/s1. The van der Waals surface area contributed by atoms with E-state index in [1.165, 1.54) is 19.4 Å². The quantitative estimate of drug-likeness (QED) is 0.434. The Morgan fingerprint density at radius 2 is 1.61 bits per heavy atom. The van der Waals surface area contributed by atoms with E-state index < -0.39 is 12.3 Å². The number of amides is 1. The zero-order chi connectivity index (χ0) is 23.5. The Hall–Kier alpha value is -4.01. The summed E-state index contributed by atoms with van der Waals surface area (Å²) in [6.45, 7) is 1.83. The van der Waals surface area contributed by atoms with Gasteiger partial charge in [-0.25, -0.2) is 18.3 Å². The van der Waals surface area contributed by atoms with Crippen molar-refractivity contribution in [3.05, 3.63) is 77.6 Å². The van der Waals surface area contributed by atoms with Crippen molar-refractivity contribution in [3.8, 4) is 22.8 Å². The molecule has 9 heteroatoms. The van der Waals surface area contributed by atoms with E-state index >= 15 is 0 Å². The van der Waals surface area contributed by atoms with Crippen LogP contribution < -0.4 is 14.8 Å². The van der Waals surface area contributed by atoms with Gasteiger partial charge in [0.15, 0.2) is 5.65 Å². The number of halogens is 2. The van der Waals surface area contributed by atoms with Gasteiger partial charge in [0.05, 0.1) is 32.2 Å². The molecule has 1 amide bonds. The first-order valence-corrected chi connectivity index (χ1v) is 10.2. The highest BCUT2D eigenvalue weighted by Gasteiger charge is 2.22. The Kier molecular flexibility index (Phi) is 6.21. The molecule has 0 fully saturated rings. The first-order valence-electron chi connectivity index (χ1n) is 10.2. The lowest BCUT2D eigenvalue weighted by molar-refractivity contribution is 0.0941. The summed E-state index contributed by atoms with van der Waals surface area (Å²) in [6, 6.07) is 15.1. The van der Waals surface area contributed by atoms with E-state index in [0.29, 0.717) is 22.8 Å². The lowest BCUT2D eigenvalue weighted by Crippen LogP contribution is -2.26. The van der Waals surface area contributed by atoms with E-state index in [2.05, 4.69) is 15.4 Å². The second kappa shape index (κ2) is 9.23. The molecular weight excluding hydrogens is 430 g/mol. The molecule has 2 aromatic carbocycles. The number of benzene rings is 2. The van der Waals surface area contributed by atoms with Gasteiger partial charge in [-0.3, -0.25) is 4.79 Å². The van der Waals surface area contributed by atoms with E-state index in [4.69, 9.17) is 9.47 Å². The van der Waals surface area contributed by atoms with Crippen molar-refractivity contribution in [2.24, 2.45) is 0 Å². The van der Waals surface area contributed by atoms with Crippen molar-refractivity contribution >= 4 is 11.6 Å². The molecule has 4 aromatic rings. The highest BCUT2D eigenvalue weighted by Crippen LogP contribution is 2.28. The number of fused-ring (bicyclic) bond motifs is 1. The van der Waals surface area contributed by atoms with Crippen molar-refractivity contribution in [2.75, 3.05) is 14.2 Å². The van der Waals surface area contributed by atoms with E-state index in [1.54, 1.807) is 43.5 Å². The molecule has 0 unspecified atom stereocenters. The maximum atomic E-state index is 13.8. The fourth-order valence-electron chi connectivity index (χ4n) is 3.46. The van der Waals surface area contributed by atoms with E-state index in [0.717, 1.165) is 10.1 Å². The molecule has 1 N–H and O–H groups in total. The Bertz CT molecular complexity index is 1270. The number of hydrogen-bond acceptors (Lipinski definition) is 5. The predicted octanol–water partition coefficient (Wildman–Crippen LogP) is 4.84. The summed E-state index contributed by atoms with van der Waals surface area (Å²) in [5.41, 5.74) is 1.58. The third-order valence-corrected chi connectivity index (χ3v) is 5.32. The molecule has 2 heterocycles. The lowest BCUT2D eigenvalue weighted by Gasteiger charge is -2.14. The fraction of sp³-hybridized carbons (Fsp3) is 0.208. The van der Waals surface area contributed by atoms with Gasteiger partial charge in [-0.15, -0.1) is 0 Å². The highest BCUT2D eigenvalue weighted by atomic mass is 19.3. The summed E-state index contributed by atoms with van der Waals surface area (Å²) in [5.74, 6) is 0.869. The molecule has 0 aliphatic carbocycles. The number of alkyl halides is 2. The molecule has 170 valence electrons. The van der Waals surface area contributed by atoms with Crippen LogP contribution in [0.25, 0.3) is 16.9 Å². The van der Waals surface area contributed by atoms with Gasteiger partial charge < -0.3 is 14.8 Å². The van der Waals surface area contributed by atoms with Gasteiger partial charge in [0.1, 0.15) is 22.8 Å². The third-order valence-electron chi connectivity index (χ3n) is 5.32. The number of aromatic nitrogens is 3. The maximum absolute atomic E-state index is 13.8. The number of rotatable bonds is 7. The van der Waals surface area contributed by atoms with Crippen LogP contribution in [0.2, 0.25) is 0 Å². The van der Waals surface area contributed by atoms with Gasteiger partial charge in [0.25, 0.3) is 12.3 Å². The molecule has 33 heavy (non-hydrogen) atoms. The average molecular weight is 452 g/mol. The number of nitrogens with zero attached hydrogens (tertiary/aromatic N) is 3. The van der Waals surface area contributed by atoms with Crippen molar-refractivity contribution in [1.82, 2.24) is 19.9 Å². The maximum Gasteiger partial charge on any atom is 0.280 e. The monoisotopic (exact) mass is 452 g/mol. The van der Waals surface area contributed by atoms with Crippen LogP contribution >= 0.6 is 0 Å². The highest BCUT2D eigenvalue weighted by molar-refractivity contribution is 6.00. The summed E-state index contributed by atoms with van der Waals surface area (Å²) < 4.78 is 38.9. The number of ether oxygens (including phenoxy) is 2. The SMILES string of the molecule is COc1ccc(-c2cc(C(F)F)n3ncc(C(=O)N[C@H](C)c4ccc(OC)cc4)c3n2)cc1. The summed E-state index contributed by atoms with van der Waals surface area (Å²) >= 11 is 0. The Morgan fingerprint density at radius 1 is 1.00 bits per heavy atom. The topological polar surface area (TPSA) is 77.8 Å². The molecule has 4 rings (SSSR count). The molecule has 0 aliphatic rings. The predicted molar refractivity (Wildman–Crippen MR) is 119 cm³/mol. The Morgan fingerprint density at radius 3 is 2.18 bits per heavy atom. The van der Waals surface area contributed by atoms with E-state index in [-0.39, 0.29) is 22.9 Å². The normalized spacial score (nSPS) is 12.1. The second-order valence-electron chi connectivity index (χ2n) is 7.36. The van der Waals surface area contributed by atoms with Gasteiger partial charge in [0, 0.05) is 5.56 Å². The van der Waals surface area contributed by atoms with Crippen LogP contribution in [0.1, 0.15) is 41.0 Å². The Balaban J connectivity index is 1.69. The lowest BCUT2D eigenvalue weighted by atomic mass is 10.1. The summed E-state index contributed by atoms with van der Waals surface area (Å²) in [6.07, 6.45) is -1.55. The van der Waals surface area contributed by atoms with E-state index in [1.807, 2.05) is 19.1 Å². The molecule has 0 aliphatic heterocycles. The van der Waals surface area contributed by atoms with Crippen molar-refractivity contribution in [2.45, 2.75) is 19.4 Å². The largest absolute Gasteiger partial charge is 0.497 e. The van der Waals surface area contributed by atoms with Crippen LogP contribution in [-0.2, 0) is 0 Å². The molecule has 0 spiro atoms. The van der Waals surface area contributed by atoms with Crippen LogP contribution in [-0.4, -0.2) is 34.7 Å². The Labute approximate surface area is 189 Å². The van der Waals surface area contributed by atoms with Gasteiger partial charge in [-0.05, 0) is 55.0 Å². The van der Waals surface area contributed by atoms with Crippen molar-refractivity contribution in [3.63, 3.8) is 0 Å². The minimum atomic E-state index is -2.80. The second-order valence-corrected chi connectivity index (χ2v) is 7.36.